The molecule has 0 bridgehead atoms. The van der Waals surface area contributed by atoms with Crippen LogP contribution in [0.1, 0.15) is 39.7 Å². The molecule has 122 valence electrons. The van der Waals surface area contributed by atoms with E-state index in [1.807, 2.05) is 0 Å². The van der Waals surface area contributed by atoms with E-state index in [9.17, 15) is 0 Å². The normalized spacial score (nSPS) is 18.4. The van der Waals surface area contributed by atoms with Crippen LogP contribution in [0.2, 0.25) is 0 Å². The molecule has 2 aliphatic carbocycles. The quantitative estimate of drug-likeness (QED) is 0.593. The minimum absolute atomic E-state index is 0.590. The Hall–Kier alpha value is -1.82. The molecule has 1 aromatic carbocycles. The molecule has 0 fully saturated rings. The van der Waals surface area contributed by atoms with Crippen molar-refractivity contribution in [3.8, 4) is 0 Å². The second kappa shape index (κ2) is 8.72. The minimum atomic E-state index is 0.590. The molecule has 1 atom stereocenters. The fourth-order valence-electron chi connectivity index (χ4n) is 3.11. The van der Waals surface area contributed by atoms with Gasteiger partial charge in [0.25, 0.3) is 0 Å². The molecule has 0 heterocycles. The van der Waals surface area contributed by atoms with Gasteiger partial charge in [0, 0.05) is 5.92 Å². The smallest absolute Gasteiger partial charge is 0.0234 e. The van der Waals surface area contributed by atoms with Crippen LogP contribution in [0.15, 0.2) is 77.9 Å². The minimum Gasteiger partial charge on any atom is -0.0730 e. The third kappa shape index (κ3) is 5.71. The van der Waals surface area contributed by atoms with Gasteiger partial charge in [-0.1, -0.05) is 100 Å². The van der Waals surface area contributed by atoms with Crippen LogP contribution in [0, 0.1) is 17.8 Å². The van der Waals surface area contributed by atoms with Gasteiger partial charge in [-0.2, -0.15) is 0 Å². The van der Waals surface area contributed by atoms with Gasteiger partial charge in [-0.05, 0) is 35.8 Å². The summed E-state index contributed by atoms with van der Waals surface area (Å²) < 4.78 is 0. The summed E-state index contributed by atoms with van der Waals surface area (Å²) in [4.78, 5) is 0. The van der Waals surface area contributed by atoms with E-state index in [-0.39, 0.29) is 0 Å². The average molecular weight is 306 g/mol. The van der Waals surface area contributed by atoms with Gasteiger partial charge >= 0.3 is 0 Å². The van der Waals surface area contributed by atoms with Crippen LogP contribution < -0.4 is 0 Å². The van der Waals surface area contributed by atoms with Crippen LogP contribution in [-0.2, 0) is 6.42 Å². The van der Waals surface area contributed by atoms with Crippen LogP contribution in [0.4, 0.5) is 0 Å². The molecule has 1 unspecified atom stereocenters. The van der Waals surface area contributed by atoms with Crippen molar-refractivity contribution in [2.24, 2.45) is 17.8 Å². The van der Waals surface area contributed by atoms with Crippen molar-refractivity contribution < 1.29 is 0 Å². The summed E-state index contributed by atoms with van der Waals surface area (Å²) in [6, 6.07) is 10.6. The van der Waals surface area contributed by atoms with Gasteiger partial charge in [0.1, 0.15) is 0 Å². The molecule has 0 amide bonds. The first-order valence-corrected chi connectivity index (χ1v) is 8.85. The highest BCUT2D eigenvalue weighted by Gasteiger charge is 2.20. The van der Waals surface area contributed by atoms with Gasteiger partial charge in [-0.3, -0.25) is 0 Å². The van der Waals surface area contributed by atoms with Crippen molar-refractivity contribution in [1.82, 2.24) is 0 Å². The third-order valence-electron chi connectivity index (χ3n) is 4.08. The van der Waals surface area contributed by atoms with Gasteiger partial charge in [0.05, 0.1) is 0 Å². The summed E-state index contributed by atoms with van der Waals surface area (Å²) in [6.07, 6.45) is 15.8. The summed E-state index contributed by atoms with van der Waals surface area (Å²) in [5, 5.41) is 0. The SMILES string of the molecule is CC(C)CC1=CC=C2C=CC=CC21.CC(C)Cc1ccccc1. The number of hydrogen-bond acceptors (Lipinski definition) is 0. The van der Waals surface area contributed by atoms with Crippen molar-refractivity contribution in [1.29, 1.82) is 0 Å². The molecule has 2 aliphatic rings. The average Bonchev–Trinajstić information content (AvgIpc) is 2.91. The second-order valence-corrected chi connectivity index (χ2v) is 7.31. The molecule has 0 spiro atoms. The van der Waals surface area contributed by atoms with Crippen LogP contribution in [0.3, 0.4) is 0 Å². The van der Waals surface area contributed by atoms with Crippen LogP contribution in [-0.4, -0.2) is 0 Å². The molecule has 1 aromatic rings. The number of benzene rings is 1. The zero-order valence-electron chi connectivity index (χ0n) is 15.0. The lowest BCUT2D eigenvalue weighted by molar-refractivity contribution is 0.617. The number of fused-ring (bicyclic) bond motifs is 1. The van der Waals surface area contributed by atoms with Gasteiger partial charge in [0.15, 0.2) is 0 Å². The van der Waals surface area contributed by atoms with Crippen molar-refractivity contribution in [2.75, 3.05) is 0 Å². The Morgan fingerprint density at radius 2 is 1.52 bits per heavy atom. The largest absolute Gasteiger partial charge is 0.0730 e. The highest BCUT2D eigenvalue weighted by atomic mass is 14.2. The Kier molecular flexibility index (Phi) is 6.65. The highest BCUT2D eigenvalue weighted by Crippen LogP contribution is 2.34. The Balaban J connectivity index is 0.000000174. The fourth-order valence-corrected chi connectivity index (χ4v) is 3.11. The molecule has 0 saturated heterocycles. The maximum Gasteiger partial charge on any atom is 0.0234 e. The lowest BCUT2D eigenvalue weighted by Gasteiger charge is -2.17. The highest BCUT2D eigenvalue weighted by molar-refractivity contribution is 5.47. The topological polar surface area (TPSA) is 0 Å². The summed E-state index contributed by atoms with van der Waals surface area (Å²) in [5.74, 6) is 2.12. The van der Waals surface area contributed by atoms with Crippen molar-refractivity contribution in [2.45, 2.75) is 40.5 Å². The van der Waals surface area contributed by atoms with E-state index >= 15 is 0 Å². The molecule has 0 N–H and O–H groups in total. The molecule has 3 rings (SSSR count). The Morgan fingerprint density at radius 3 is 2.17 bits per heavy atom. The van der Waals surface area contributed by atoms with E-state index in [0.29, 0.717) is 5.92 Å². The molecule has 23 heavy (non-hydrogen) atoms. The molecular weight excluding hydrogens is 276 g/mol. The zero-order valence-corrected chi connectivity index (χ0v) is 15.0. The Morgan fingerprint density at radius 1 is 0.826 bits per heavy atom. The maximum absolute atomic E-state index is 2.30. The second-order valence-electron chi connectivity index (χ2n) is 7.31. The predicted octanol–water partition coefficient (Wildman–Crippen LogP) is 6.53. The number of rotatable bonds is 4. The van der Waals surface area contributed by atoms with Crippen LogP contribution in [0.25, 0.3) is 0 Å². The van der Waals surface area contributed by atoms with E-state index in [0.717, 1.165) is 11.8 Å². The molecule has 0 saturated carbocycles. The first-order chi connectivity index (χ1) is 11.1. The Bertz CT molecular complexity index is 594. The molecule has 0 aliphatic heterocycles. The molecule has 0 aromatic heterocycles. The molecular formula is C23H30. The van der Waals surface area contributed by atoms with Gasteiger partial charge < -0.3 is 0 Å². The lowest BCUT2D eigenvalue weighted by atomic mass is 9.88. The number of allylic oxidation sites excluding steroid dienone is 8. The standard InChI is InChI=1S/C13H16.C10H14/c1-10(2)9-12-8-7-11-5-3-4-6-13(11)12;1-9(2)8-10-6-4-3-5-7-10/h3-8,10,13H,9H2,1-2H3;3-7,9H,8H2,1-2H3. The van der Waals surface area contributed by atoms with E-state index < -0.39 is 0 Å². The van der Waals surface area contributed by atoms with E-state index in [1.54, 1.807) is 5.57 Å². The third-order valence-corrected chi connectivity index (χ3v) is 4.08. The predicted molar refractivity (Wildman–Crippen MR) is 102 cm³/mol. The maximum atomic E-state index is 2.30. The summed E-state index contributed by atoms with van der Waals surface area (Å²) in [7, 11) is 0. The molecule has 0 radical (unpaired) electrons. The summed E-state index contributed by atoms with van der Waals surface area (Å²) in [5.41, 5.74) is 4.47. The van der Waals surface area contributed by atoms with Crippen molar-refractivity contribution >= 4 is 0 Å². The van der Waals surface area contributed by atoms with Crippen molar-refractivity contribution in [3.63, 3.8) is 0 Å². The van der Waals surface area contributed by atoms with Crippen LogP contribution >= 0.6 is 0 Å². The first-order valence-electron chi connectivity index (χ1n) is 8.85. The van der Waals surface area contributed by atoms with Crippen LogP contribution in [0.5, 0.6) is 0 Å². The lowest BCUT2D eigenvalue weighted by Crippen LogP contribution is -2.04. The van der Waals surface area contributed by atoms with Gasteiger partial charge in [-0.25, -0.2) is 0 Å². The Labute approximate surface area is 142 Å². The molecule has 0 nitrogen and oxygen atoms in total. The zero-order chi connectivity index (χ0) is 16.7. The monoisotopic (exact) mass is 306 g/mol. The molecule has 0 heteroatoms. The van der Waals surface area contributed by atoms with E-state index in [4.69, 9.17) is 0 Å². The van der Waals surface area contributed by atoms with Gasteiger partial charge in [-0.15, -0.1) is 0 Å². The first kappa shape index (κ1) is 17.5. The van der Waals surface area contributed by atoms with Crippen molar-refractivity contribution in [3.05, 3.63) is 83.5 Å². The fraction of sp³-hybridized carbons (Fsp3) is 0.391. The van der Waals surface area contributed by atoms with E-state index in [1.165, 1.54) is 24.0 Å². The van der Waals surface area contributed by atoms with Gasteiger partial charge in [0.2, 0.25) is 0 Å². The summed E-state index contributed by atoms with van der Waals surface area (Å²) in [6.45, 7) is 9.04. The number of hydrogen-bond donors (Lipinski definition) is 0. The summed E-state index contributed by atoms with van der Waals surface area (Å²) >= 11 is 0. The van der Waals surface area contributed by atoms with E-state index in [2.05, 4.69) is 94.5 Å².